The van der Waals surface area contributed by atoms with Gasteiger partial charge < -0.3 is 5.32 Å². The molecule has 0 radical (unpaired) electrons. The molecule has 134 valence electrons. The monoisotopic (exact) mass is 346 g/mol. The van der Waals surface area contributed by atoms with Crippen molar-refractivity contribution in [3.8, 4) is 0 Å². The summed E-state index contributed by atoms with van der Waals surface area (Å²) in [6.45, 7) is 10.4. The number of nitrogens with one attached hydrogen (secondary N) is 1. The lowest BCUT2D eigenvalue weighted by Gasteiger charge is -2.26. The molecule has 3 heteroatoms. The molecule has 26 heavy (non-hydrogen) atoms. The number of allylic oxidation sites excluding steroid dienone is 3. The lowest BCUT2D eigenvalue weighted by molar-refractivity contribution is 0.102. The SMILES string of the molecule is C=C(C)C1CCC(C)=C(c2ccc(NC(=O)c3ccncc3C)cc2)C1. The van der Waals surface area contributed by atoms with E-state index in [1.54, 1.807) is 18.5 Å². The molecule has 0 saturated carbocycles. The minimum absolute atomic E-state index is 0.104. The molecule has 0 bridgehead atoms. The molecule has 1 heterocycles. The zero-order valence-corrected chi connectivity index (χ0v) is 15.8. The molecule has 1 amide bonds. The minimum Gasteiger partial charge on any atom is -0.322 e. The summed E-state index contributed by atoms with van der Waals surface area (Å²) in [5.74, 6) is 0.468. The summed E-state index contributed by atoms with van der Waals surface area (Å²) in [5, 5.41) is 2.97. The molecule has 1 atom stereocenters. The number of hydrogen-bond donors (Lipinski definition) is 1. The van der Waals surface area contributed by atoms with Gasteiger partial charge in [0.05, 0.1) is 0 Å². The van der Waals surface area contributed by atoms with Crippen LogP contribution < -0.4 is 5.32 Å². The maximum Gasteiger partial charge on any atom is 0.256 e. The van der Waals surface area contributed by atoms with Crippen LogP contribution in [0.4, 0.5) is 5.69 Å². The van der Waals surface area contributed by atoms with Crippen LogP contribution in [0.25, 0.3) is 5.57 Å². The Morgan fingerprint density at radius 1 is 1.19 bits per heavy atom. The van der Waals surface area contributed by atoms with Gasteiger partial charge in [0.25, 0.3) is 5.91 Å². The van der Waals surface area contributed by atoms with Crippen LogP contribution in [0.1, 0.15) is 54.6 Å². The fraction of sp³-hybridized carbons (Fsp3) is 0.304. The zero-order valence-electron chi connectivity index (χ0n) is 15.8. The Hall–Kier alpha value is -2.68. The number of carbonyl (C=O) groups excluding carboxylic acids is 1. The first kappa shape index (κ1) is 18.1. The van der Waals surface area contributed by atoms with Crippen LogP contribution in [0, 0.1) is 12.8 Å². The fourth-order valence-electron chi connectivity index (χ4n) is 3.53. The molecule has 1 aromatic heterocycles. The van der Waals surface area contributed by atoms with Gasteiger partial charge in [0.1, 0.15) is 0 Å². The Balaban J connectivity index is 1.75. The van der Waals surface area contributed by atoms with E-state index in [4.69, 9.17) is 0 Å². The predicted molar refractivity (Wildman–Crippen MR) is 108 cm³/mol. The Labute approximate surface area is 155 Å². The maximum atomic E-state index is 12.4. The van der Waals surface area contributed by atoms with Crippen LogP contribution in [-0.4, -0.2) is 10.9 Å². The summed E-state index contributed by atoms with van der Waals surface area (Å²) in [5.41, 5.74) is 7.73. The second-order valence-corrected chi connectivity index (χ2v) is 7.27. The van der Waals surface area contributed by atoms with E-state index >= 15 is 0 Å². The Bertz CT molecular complexity index is 862. The third-order valence-electron chi connectivity index (χ3n) is 5.29. The van der Waals surface area contributed by atoms with Crippen molar-refractivity contribution in [2.24, 2.45) is 5.92 Å². The number of aryl methyl sites for hydroxylation is 1. The highest BCUT2D eigenvalue weighted by Gasteiger charge is 2.20. The van der Waals surface area contributed by atoms with E-state index in [0.29, 0.717) is 11.5 Å². The Kier molecular flexibility index (Phi) is 5.36. The first-order chi connectivity index (χ1) is 12.5. The molecule has 1 N–H and O–H groups in total. The van der Waals surface area contributed by atoms with Gasteiger partial charge in [0.2, 0.25) is 0 Å². The van der Waals surface area contributed by atoms with Gasteiger partial charge >= 0.3 is 0 Å². The maximum absolute atomic E-state index is 12.4. The van der Waals surface area contributed by atoms with Crippen molar-refractivity contribution in [2.45, 2.75) is 40.0 Å². The van der Waals surface area contributed by atoms with Crippen molar-refractivity contribution >= 4 is 17.2 Å². The molecule has 0 saturated heterocycles. The number of nitrogens with zero attached hydrogens (tertiary/aromatic N) is 1. The van der Waals surface area contributed by atoms with Crippen LogP contribution in [0.3, 0.4) is 0 Å². The Morgan fingerprint density at radius 2 is 1.92 bits per heavy atom. The third-order valence-corrected chi connectivity index (χ3v) is 5.29. The van der Waals surface area contributed by atoms with Gasteiger partial charge in [-0.2, -0.15) is 0 Å². The second kappa shape index (κ2) is 7.69. The molecular weight excluding hydrogens is 320 g/mol. The number of rotatable bonds is 4. The van der Waals surface area contributed by atoms with Crippen molar-refractivity contribution in [3.63, 3.8) is 0 Å². The molecule has 3 rings (SSSR count). The quantitative estimate of drug-likeness (QED) is 0.712. The number of anilines is 1. The zero-order chi connectivity index (χ0) is 18.7. The lowest BCUT2D eigenvalue weighted by Crippen LogP contribution is -2.13. The highest BCUT2D eigenvalue weighted by atomic mass is 16.1. The number of benzene rings is 1. The van der Waals surface area contributed by atoms with Crippen LogP contribution in [-0.2, 0) is 0 Å². The molecule has 1 aromatic carbocycles. The standard InChI is InChI=1S/C23H26N2O/c1-15(2)19-6-5-16(3)22(13-19)18-7-9-20(10-8-18)25-23(26)21-11-12-24-14-17(21)4/h7-12,14,19H,1,5-6,13H2,2-4H3,(H,25,26). The number of aromatic nitrogens is 1. The van der Waals surface area contributed by atoms with Crippen LogP contribution in [0.15, 0.2) is 60.5 Å². The van der Waals surface area contributed by atoms with Crippen molar-refractivity contribution in [1.29, 1.82) is 0 Å². The smallest absolute Gasteiger partial charge is 0.256 e. The largest absolute Gasteiger partial charge is 0.322 e. The number of hydrogen-bond acceptors (Lipinski definition) is 2. The molecule has 3 nitrogen and oxygen atoms in total. The molecule has 2 aromatic rings. The van der Waals surface area contributed by atoms with Crippen molar-refractivity contribution in [3.05, 3.63) is 77.1 Å². The van der Waals surface area contributed by atoms with E-state index in [-0.39, 0.29) is 5.91 Å². The van der Waals surface area contributed by atoms with E-state index in [1.165, 1.54) is 28.7 Å². The van der Waals surface area contributed by atoms with Gasteiger partial charge in [-0.05, 0) is 80.9 Å². The van der Waals surface area contributed by atoms with E-state index in [9.17, 15) is 4.79 Å². The van der Waals surface area contributed by atoms with E-state index in [0.717, 1.165) is 24.1 Å². The van der Waals surface area contributed by atoms with Crippen molar-refractivity contribution in [2.75, 3.05) is 5.32 Å². The second-order valence-electron chi connectivity index (χ2n) is 7.27. The predicted octanol–water partition coefficient (Wildman–Crippen LogP) is 5.79. The number of amides is 1. The number of pyridine rings is 1. The molecular formula is C23H26N2O. The molecule has 0 spiro atoms. The van der Waals surface area contributed by atoms with E-state index in [1.807, 2.05) is 19.1 Å². The van der Waals surface area contributed by atoms with Crippen molar-refractivity contribution < 1.29 is 4.79 Å². The number of carbonyl (C=O) groups is 1. The first-order valence-corrected chi connectivity index (χ1v) is 9.12. The highest BCUT2D eigenvalue weighted by Crippen LogP contribution is 2.38. The van der Waals surface area contributed by atoms with Crippen LogP contribution >= 0.6 is 0 Å². The molecule has 1 aliphatic rings. The highest BCUT2D eigenvalue weighted by molar-refractivity contribution is 6.05. The van der Waals surface area contributed by atoms with Crippen LogP contribution in [0.2, 0.25) is 0 Å². The van der Waals surface area contributed by atoms with Gasteiger partial charge in [-0.1, -0.05) is 29.9 Å². The van der Waals surface area contributed by atoms with Gasteiger partial charge in [0, 0.05) is 23.6 Å². The van der Waals surface area contributed by atoms with Gasteiger partial charge in [0.15, 0.2) is 0 Å². The summed E-state index contributed by atoms with van der Waals surface area (Å²) in [4.78, 5) is 16.5. The third kappa shape index (κ3) is 3.93. The molecule has 1 unspecified atom stereocenters. The lowest BCUT2D eigenvalue weighted by atomic mass is 9.79. The topological polar surface area (TPSA) is 42.0 Å². The van der Waals surface area contributed by atoms with Gasteiger partial charge in [-0.25, -0.2) is 0 Å². The van der Waals surface area contributed by atoms with Gasteiger partial charge in [-0.15, -0.1) is 0 Å². The molecule has 1 aliphatic carbocycles. The summed E-state index contributed by atoms with van der Waals surface area (Å²) >= 11 is 0. The first-order valence-electron chi connectivity index (χ1n) is 9.12. The minimum atomic E-state index is -0.104. The molecule has 0 fully saturated rings. The normalized spacial score (nSPS) is 17.1. The van der Waals surface area contributed by atoms with E-state index in [2.05, 4.69) is 42.9 Å². The summed E-state index contributed by atoms with van der Waals surface area (Å²) in [6, 6.07) is 9.92. The summed E-state index contributed by atoms with van der Waals surface area (Å²) in [7, 11) is 0. The Morgan fingerprint density at radius 3 is 2.58 bits per heavy atom. The molecule has 0 aliphatic heterocycles. The average Bonchev–Trinajstić information content (AvgIpc) is 2.63. The van der Waals surface area contributed by atoms with E-state index < -0.39 is 0 Å². The van der Waals surface area contributed by atoms with Gasteiger partial charge in [-0.3, -0.25) is 9.78 Å². The summed E-state index contributed by atoms with van der Waals surface area (Å²) < 4.78 is 0. The summed E-state index contributed by atoms with van der Waals surface area (Å²) in [6.07, 6.45) is 6.73. The van der Waals surface area contributed by atoms with Crippen molar-refractivity contribution in [1.82, 2.24) is 4.98 Å². The van der Waals surface area contributed by atoms with Crippen LogP contribution in [0.5, 0.6) is 0 Å². The average molecular weight is 346 g/mol. The fourth-order valence-corrected chi connectivity index (χ4v) is 3.53.